The van der Waals surface area contributed by atoms with E-state index in [2.05, 4.69) is 18.7 Å². The predicted octanol–water partition coefficient (Wildman–Crippen LogP) is 4.11. The van der Waals surface area contributed by atoms with E-state index in [1.54, 1.807) is 48.5 Å². The molecule has 0 aromatic heterocycles. The summed E-state index contributed by atoms with van der Waals surface area (Å²) in [4.78, 5) is 29.7. The summed E-state index contributed by atoms with van der Waals surface area (Å²) in [5.41, 5.74) is 1.20. The molecule has 1 N–H and O–H groups in total. The number of Topliss-reactive ketones (excluding diaryl/α,β-unsaturated/α-hetero) is 1. The van der Waals surface area contributed by atoms with E-state index in [1.165, 1.54) is 12.0 Å². The van der Waals surface area contributed by atoms with E-state index in [0.29, 0.717) is 35.0 Å². The maximum Gasteiger partial charge on any atom is 0.295 e. The number of carbonyl (C=O) groups excluding carboxylic acids is 2. The minimum Gasteiger partial charge on any atom is -0.507 e. The SMILES string of the molecule is CCN(CC)CCN1C(=O)C(=O)C(=C(O)c2cccc(OC)c2)C1c1ccc(Cl)cc1. The van der Waals surface area contributed by atoms with Crippen LogP contribution in [0.25, 0.3) is 5.76 Å². The Hall–Kier alpha value is -2.83. The number of aliphatic hydroxyl groups is 1. The van der Waals surface area contributed by atoms with Crippen molar-refractivity contribution in [3.63, 3.8) is 0 Å². The van der Waals surface area contributed by atoms with E-state index in [-0.39, 0.29) is 11.3 Å². The first-order valence-electron chi connectivity index (χ1n) is 10.3. The number of likely N-dealkylation sites (N-methyl/N-ethyl adjacent to an activating group) is 1. The van der Waals surface area contributed by atoms with Crippen molar-refractivity contribution in [2.45, 2.75) is 19.9 Å². The van der Waals surface area contributed by atoms with Gasteiger partial charge in [0.25, 0.3) is 11.7 Å². The molecule has 1 atom stereocenters. The summed E-state index contributed by atoms with van der Waals surface area (Å²) in [6.45, 7) is 6.79. The lowest BCUT2D eigenvalue weighted by atomic mass is 9.95. The molecule has 3 rings (SSSR count). The molecule has 1 heterocycles. The third-order valence-corrected chi connectivity index (χ3v) is 5.87. The second-order valence-electron chi connectivity index (χ2n) is 7.30. The summed E-state index contributed by atoms with van der Waals surface area (Å²) in [6, 6.07) is 13.1. The smallest absolute Gasteiger partial charge is 0.295 e. The number of ketones is 1. The molecule has 1 saturated heterocycles. The van der Waals surface area contributed by atoms with Crippen molar-refractivity contribution in [3.8, 4) is 5.75 Å². The second kappa shape index (κ2) is 9.98. The highest BCUT2D eigenvalue weighted by Crippen LogP contribution is 2.39. The minimum absolute atomic E-state index is 0.0696. The monoisotopic (exact) mass is 442 g/mol. The van der Waals surface area contributed by atoms with Gasteiger partial charge in [0.2, 0.25) is 0 Å². The Morgan fingerprint density at radius 1 is 1.13 bits per heavy atom. The third-order valence-electron chi connectivity index (χ3n) is 5.62. The Morgan fingerprint density at radius 3 is 2.42 bits per heavy atom. The number of carbonyl (C=O) groups is 2. The number of likely N-dealkylation sites (tertiary alicyclic amines) is 1. The quantitative estimate of drug-likeness (QED) is 0.378. The number of halogens is 1. The molecular weight excluding hydrogens is 416 g/mol. The van der Waals surface area contributed by atoms with Gasteiger partial charge in [-0.15, -0.1) is 0 Å². The summed E-state index contributed by atoms with van der Waals surface area (Å²) in [6.07, 6.45) is 0. The average Bonchev–Trinajstić information content (AvgIpc) is 3.04. The first-order valence-corrected chi connectivity index (χ1v) is 10.7. The van der Waals surface area contributed by atoms with E-state index >= 15 is 0 Å². The van der Waals surface area contributed by atoms with Gasteiger partial charge < -0.3 is 19.6 Å². The zero-order valence-corrected chi connectivity index (χ0v) is 18.7. The summed E-state index contributed by atoms with van der Waals surface area (Å²) >= 11 is 6.05. The highest BCUT2D eigenvalue weighted by atomic mass is 35.5. The van der Waals surface area contributed by atoms with Crippen LogP contribution in [0, 0.1) is 0 Å². The Balaban J connectivity index is 2.10. The van der Waals surface area contributed by atoms with Gasteiger partial charge >= 0.3 is 0 Å². The van der Waals surface area contributed by atoms with Crippen LogP contribution in [0.1, 0.15) is 31.0 Å². The lowest BCUT2D eigenvalue weighted by Crippen LogP contribution is -2.38. The molecule has 2 aromatic rings. The van der Waals surface area contributed by atoms with Gasteiger partial charge in [-0.25, -0.2) is 0 Å². The number of rotatable bonds is 8. The second-order valence-corrected chi connectivity index (χ2v) is 7.74. The van der Waals surface area contributed by atoms with E-state index in [9.17, 15) is 14.7 Å². The summed E-state index contributed by atoms with van der Waals surface area (Å²) < 4.78 is 5.23. The van der Waals surface area contributed by atoms with Crippen molar-refractivity contribution in [1.29, 1.82) is 0 Å². The first-order chi connectivity index (χ1) is 14.9. The molecule has 1 fully saturated rings. The van der Waals surface area contributed by atoms with Crippen molar-refractivity contribution < 1.29 is 19.4 Å². The summed E-state index contributed by atoms with van der Waals surface area (Å²) in [7, 11) is 1.53. The maximum atomic E-state index is 13.0. The number of benzene rings is 2. The largest absolute Gasteiger partial charge is 0.507 e. The van der Waals surface area contributed by atoms with Gasteiger partial charge in [0.15, 0.2) is 0 Å². The lowest BCUT2D eigenvalue weighted by Gasteiger charge is -2.28. The number of ether oxygens (including phenoxy) is 1. The third kappa shape index (κ3) is 4.75. The standard InChI is InChI=1S/C24H27ClN2O4/c1-4-26(5-2)13-14-27-21(16-9-11-18(25)12-10-16)20(23(29)24(27)30)22(28)17-7-6-8-19(15-17)31-3/h6-12,15,21,28H,4-5,13-14H2,1-3H3. The van der Waals surface area contributed by atoms with Crippen molar-refractivity contribution in [3.05, 3.63) is 70.3 Å². The van der Waals surface area contributed by atoms with Gasteiger partial charge in [0, 0.05) is 23.7 Å². The van der Waals surface area contributed by atoms with Crippen molar-refractivity contribution >= 4 is 29.1 Å². The number of amides is 1. The zero-order chi connectivity index (χ0) is 22.5. The van der Waals surface area contributed by atoms with Gasteiger partial charge in [-0.05, 0) is 42.9 Å². The van der Waals surface area contributed by atoms with E-state index in [0.717, 1.165) is 13.1 Å². The number of hydrogen-bond donors (Lipinski definition) is 1. The van der Waals surface area contributed by atoms with Crippen LogP contribution in [-0.4, -0.2) is 59.9 Å². The van der Waals surface area contributed by atoms with Crippen molar-refractivity contribution in [2.75, 3.05) is 33.3 Å². The Kier molecular flexibility index (Phi) is 7.36. The van der Waals surface area contributed by atoms with Crippen molar-refractivity contribution in [1.82, 2.24) is 9.80 Å². The molecule has 0 radical (unpaired) electrons. The Bertz CT molecular complexity index is 983. The summed E-state index contributed by atoms with van der Waals surface area (Å²) in [5, 5.41) is 11.6. The fourth-order valence-electron chi connectivity index (χ4n) is 3.82. The molecule has 0 saturated carbocycles. The average molecular weight is 443 g/mol. The first kappa shape index (κ1) is 22.8. The molecule has 0 bridgehead atoms. The molecule has 7 heteroatoms. The predicted molar refractivity (Wildman–Crippen MR) is 121 cm³/mol. The van der Waals surface area contributed by atoms with Crippen LogP contribution in [0.2, 0.25) is 5.02 Å². The topological polar surface area (TPSA) is 70.1 Å². The van der Waals surface area contributed by atoms with Gasteiger partial charge in [-0.3, -0.25) is 9.59 Å². The highest BCUT2D eigenvalue weighted by molar-refractivity contribution is 6.46. The molecular formula is C24H27ClN2O4. The van der Waals surface area contributed by atoms with E-state index < -0.39 is 17.7 Å². The van der Waals surface area contributed by atoms with E-state index in [4.69, 9.17) is 16.3 Å². The number of hydrogen-bond acceptors (Lipinski definition) is 5. The molecule has 1 unspecified atom stereocenters. The normalized spacial score (nSPS) is 18.1. The zero-order valence-electron chi connectivity index (χ0n) is 18.0. The minimum atomic E-state index is -0.695. The molecule has 1 amide bonds. The molecule has 1 aliphatic heterocycles. The summed E-state index contributed by atoms with van der Waals surface area (Å²) in [5.74, 6) is -0.984. The van der Waals surface area contributed by atoms with Gasteiger partial charge in [-0.1, -0.05) is 49.7 Å². The highest BCUT2D eigenvalue weighted by Gasteiger charge is 2.45. The maximum absolute atomic E-state index is 13.0. The van der Waals surface area contributed by atoms with Crippen LogP contribution in [0.4, 0.5) is 0 Å². The van der Waals surface area contributed by atoms with Crippen LogP contribution < -0.4 is 4.74 Å². The molecule has 6 nitrogen and oxygen atoms in total. The molecule has 2 aromatic carbocycles. The fourth-order valence-corrected chi connectivity index (χ4v) is 3.94. The molecule has 0 spiro atoms. The van der Waals surface area contributed by atoms with Gasteiger partial charge in [0.05, 0.1) is 18.7 Å². The fraction of sp³-hybridized carbons (Fsp3) is 0.333. The van der Waals surface area contributed by atoms with Gasteiger partial charge in [0.1, 0.15) is 11.5 Å². The number of methoxy groups -OCH3 is 1. The van der Waals surface area contributed by atoms with Crippen LogP contribution in [0.3, 0.4) is 0 Å². The molecule has 0 aliphatic carbocycles. The van der Waals surface area contributed by atoms with Gasteiger partial charge in [-0.2, -0.15) is 0 Å². The van der Waals surface area contributed by atoms with Crippen LogP contribution in [-0.2, 0) is 9.59 Å². The number of nitrogens with zero attached hydrogens (tertiary/aromatic N) is 2. The Labute approximate surface area is 187 Å². The number of aliphatic hydroxyl groups excluding tert-OH is 1. The van der Waals surface area contributed by atoms with Crippen LogP contribution in [0.15, 0.2) is 54.1 Å². The molecule has 1 aliphatic rings. The molecule has 31 heavy (non-hydrogen) atoms. The van der Waals surface area contributed by atoms with Crippen molar-refractivity contribution in [2.24, 2.45) is 0 Å². The lowest BCUT2D eigenvalue weighted by molar-refractivity contribution is -0.140. The van der Waals surface area contributed by atoms with Crippen LogP contribution >= 0.6 is 11.6 Å². The van der Waals surface area contributed by atoms with E-state index in [1.807, 2.05) is 0 Å². The molecule has 164 valence electrons. The van der Waals surface area contributed by atoms with Crippen LogP contribution in [0.5, 0.6) is 5.75 Å². The Morgan fingerprint density at radius 2 is 1.81 bits per heavy atom.